The monoisotopic (exact) mass is 408 g/mol. The van der Waals surface area contributed by atoms with E-state index in [4.69, 9.17) is 32.5 Å². The van der Waals surface area contributed by atoms with Crippen molar-refractivity contribution >= 4 is 22.9 Å². The quantitative estimate of drug-likeness (QED) is 0.559. The summed E-state index contributed by atoms with van der Waals surface area (Å²) in [5.41, 5.74) is 0.774. The van der Waals surface area contributed by atoms with Gasteiger partial charge in [-0.3, -0.25) is 0 Å². The fraction of sp³-hybridized carbons (Fsp3) is 0.105. The highest BCUT2D eigenvalue weighted by Crippen LogP contribution is 2.38. The molecule has 0 atom stereocenters. The first kappa shape index (κ1) is 20.0. The molecule has 1 aromatic heterocycles. The predicted molar refractivity (Wildman–Crippen MR) is 86.8 cm³/mol. The minimum Gasteiger partial charge on any atom is -0.454 e. The van der Waals surface area contributed by atoms with Crippen LogP contribution in [0.25, 0.3) is 22.9 Å². The van der Waals surface area contributed by atoms with Gasteiger partial charge in [0.1, 0.15) is 5.82 Å². The lowest BCUT2D eigenvalue weighted by Crippen LogP contribution is -2.68. The third-order valence-corrected chi connectivity index (χ3v) is 3.72. The molecule has 146 valence electrons. The summed E-state index contributed by atoms with van der Waals surface area (Å²) in [5, 5.41) is 1.93. The summed E-state index contributed by atoms with van der Waals surface area (Å²) in [6, 6.07) is 12.2. The summed E-state index contributed by atoms with van der Waals surface area (Å²) in [5.74, 6) is 2.67. The van der Waals surface area contributed by atoms with Crippen LogP contribution in [0.3, 0.4) is 0 Å². The molecule has 0 radical (unpaired) electrons. The molecule has 0 spiro atoms. The Labute approximate surface area is 161 Å². The first-order valence-electron chi connectivity index (χ1n) is 7.91. The van der Waals surface area contributed by atoms with Gasteiger partial charge in [0, 0.05) is 23.6 Å². The van der Waals surface area contributed by atoms with Gasteiger partial charge in [-0.15, -0.1) is 10.2 Å². The normalized spacial score (nSPS) is 12.9. The fourth-order valence-electron chi connectivity index (χ4n) is 2.67. The molecular formula is C19H14ClFO7. The average Bonchev–Trinajstić information content (AvgIpc) is 3.03. The zero-order valence-corrected chi connectivity index (χ0v) is 15.3. The van der Waals surface area contributed by atoms with Crippen LogP contribution in [0.4, 0.5) is 4.39 Å². The second-order valence-corrected chi connectivity index (χ2v) is 6.54. The van der Waals surface area contributed by atoms with Crippen LogP contribution in [0, 0.1) is 23.0 Å². The summed E-state index contributed by atoms with van der Waals surface area (Å²) in [4.78, 5) is 0. The van der Waals surface area contributed by atoms with Gasteiger partial charge in [0.15, 0.2) is 11.5 Å². The minimum absolute atomic E-state index is 0.232. The van der Waals surface area contributed by atoms with Crippen molar-refractivity contribution in [3.05, 3.63) is 65.4 Å². The second kappa shape index (κ2) is 8.09. The van der Waals surface area contributed by atoms with Gasteiger partial charge in [-0.2, -0.15) is 0 Å². The molecule has 4 rings (SSSR count). The number of benzene rings is 2. The van der Waals surface area contributed by atoms with Crippen molar-refractivity contribution < 1.29 is 47.2 Å². The van der Waals surface area contributed by atoms with E-state index in [9.17, 15) is 4.39 Å². The van der Waals surface area contributed by atoms with E-state index in [1.807, 2.05) is 43.3 Å². The van der Waals surface area contributed by atoms with Gasteiger partial charge in [-0.1, -0.05) is 12.1 Å². The number of halogens is 2. The van der Waals surface area contributed by atoms with Gasteiger partial charge in [-0.05, 0) is 29.8 Å². The smallest absolute Gasteiger partial charge is 0.360 e. The standard InChI is InChI=1S/C19H14FO3.ClHO4/c1-12-7-14-9-18-19(22-11-21-18)10-16(14)17(23-12)6-5-13-3-2-4-15(20)8-13;2-1(3,4)5/h2-10H,11H2,1H3;(H,2,3,4,5)/q+1;/p-1. The van der Waals surface area contributed by atoms with Crippen LogP contribution in [-0.4, -0.2) is 6.79 Å². The van der Waals surface area contributed by atoms with Crippen LogP contribution in [0.5, 0.6) is 11.5 Å². The van der Waals surface area contributed by atoms with Gasteiger partial charge in [0.2, 0.25) is 6.79 Å². The van der Waals surface area contributed by atoms with Gasteiger partial charge < -0.3 is 9.47 Å². The van der Waals surface area contributed by atoms with Crippen molar-refractivity contribution in [1.82, 2.24) is 0 Å². The predicted octanol–water partition coefficient (Wildman–Crippen LogP) is 0.305. The maximum absolute atomic E-state index is 13.3. The van der Waals surface area contributed by atoms with Crippen LogP contribution in [0.15, 0.2) is 46.9 Å². The number of rotatable bonds is 2. The Morgan fingerprint density at radius 2 is 1.68 bits per heavy atom. The number of hydrogen-bond acceptors (Lipinski definition) is 6. The van der Waals surface area contributed by atoms with Crippen molar-refractivity contribution in [3.8, 4) is 11.5 Å². The molecule has 0 fully saturated rings. The van der Waals surface area contributed by atoms with E-state index in [1.165, 1.54) is 12.1 Å². The maximum atomic E-state index is 13.3. The number of fused-ring (bicyclic) bond motifs is 2. The SMILES string of the molecule is Cc1cc2cc3c(cc2c(C=Cc2cccc(F)c2)[o+]1)OCO3.[O-][Cl+3]([O-])([O-])[O-]. The van der Waals surface area contributed by atoms with Crippen molar-refractivity contribution in [2.75, 3.05) is 6.79 Å². The van der Waals surface area contributed by atoms with E-state index < -0.39 is 10.2 Å². The summed E-state index contributed by atoms with van der Waals surface area (Å²) in [7, 11) is -4.94. The lowest BCUT2D eigenvalue weighted by atomic mass is 10.1. The zero-order chi connectivity index (χ0) is 20.3. The molecule has 0 N–H and O–H groups in total. The lowest BCUT2D eigenvalue weighted by Gasteiger charge is -2.17. The molecule has 0 unspecified atom stereocenters. The summed E-state index contributed by atoms with van der Waals surface area (Å²) in [6.45, 7) is 2.12. The summed E-state index contributed by atoms with van der Waals surface area (Å²) >= 11 is 0. The van der Waals surface area contributed by atoms with Crippen LogP contribution < -0.4 is 28.1 Å². The van der Waals surface area contributed by atoms with Gasteiger partial charge >= 0.3 is 11.5 Å². The third kappa shape index (κ3) is 5.38. The van der Waals surface area contributed by atoms with Crippen LogP contribution >= 0.6 is 0 Å². The molecule has 2 heterocycles. The molecule has 0 aliphatic carbocycles. The molecule has 0 bridgehead atoms. The molecule has 1 aliphatic rings. The molecule has 0 amide bonds. The Morgan fingerprint density at radius 3 is 2.36 bits per heavy atom. The number of aryl methyl sites for hydroxylation is 1. The molecule has 2 aromatic carbocycles. The molecule has 3 aromatic rings. The molecule has 9 heteroatoms. The first-order valence-corrected chi connectivity index (χ1v) is 9.15. The Bertz CT molecular complexity index is 1020. The maximum Gasteiger partial charge on any atom is 0.360 e. The average molecular weight is 409 g/mol. The molecular weight excluding hydrogens is 395 g/mol. The van der Waals surface area contributed by atoms with E-state index in [-0.39, 0.29) is 12.6 Å². The van der Waals surface area contributed by atoms with E-state index >= 15 is 0 Å². The van der Waals surface area contributed by atoms with Crippen molar-refractivity contribution in [1.29, 1.82) is 0 Å². The van der Waals surface area contributed by atoms with Gasteiger partial charge in [0.05, 0.1) is 12.3 Å². The van der Waals surface area contributed by atoms with E-state index in [0.717, 1.165) is 27.8 Å². The first-order chi connectivity index (χ1) is 13.2. The number of ether oxygens (including phenoxy) is 2. The fourth-order valence-corrected chi connectivity index (χ4v) is 2.67. The Balaban J connectivity index is 0.000000403. The highest BCUT2D eigenvalue weighted by Gasteiger charge is 2.20. The molecule has 1 aliphatic heterocycles. The molecule has 28 heavy (non-hydrogen) atoms. The van der Waals surface area contributed by atoms with Crippen LogP contribution in [0.2, 0.25) is 0 Å². The zero-order valence-electron chi connectivity index (χ0n) is 14.5. The van der Waals surface area contributed by atoms with Crippen LogP contribution in [0.1, 0.15) is 17.1 Å². The highest BCUT2D eigenvalue weighted by molar-refractivity contribution is 5.93. The molecule has 7 nitrogen and oxygen atoms in total. The highest BCUT2D eigenvalue weighted by atomic mass is 35.7. The largest absolute Gasteiger partial charge is 0.454 e. The van der Waals surface area contributed by atoms with E-state index in [1.54, 1.807) is 6.07 Å². The third-order valence-electron chi connectivity index (χ3n) is 3.72. The van der Waals surface area contributed by atoms with E-state index in [0.29, 0.717) is 11.5 Å². The number of hydrogen-bond donors (Lipinski definition) is 0. The molecule has 0 saturated carbocycles. The lowest BCUT2D eigenvalue weighted by molar-refractivity contribution is -2.00. The van der Waals surface area contributed by atoms with Crippen molar-refractivity contribution in [2.45, 2.75) is 6.92 Å². The second-order valence-electron chi connectivity index (χ2n) is 5.78. The Morgan fingerprint density at radius 1 is 1.00 bits per heavy atom. The van der Waals surface area contributed by atoms with Crippen molar-refractivity contribution in [3.63, 3.8) is 0 Å². The van der Waals surface area contributed by atoms with Crippen LogP contribution in [-0.2, 0) is 0 Å². The minimum atomic E-state index is -4.94. The summed E-state index contributed by atoms with van der Waals surface area (Å²) in [6.07, 6.45) is 3.66. The topological polar surface area (TPSA) is 122 Å². The Hall–Kier alpha value is -2.75. The van der Waals surface area contributed by atoms with Gasteiger partial charge in [-0.25, -0.2) is 27.4 Å². The Kier molecular flexibility index (Phi) is 5.78. The van der Waals surface area contributed by atoms with E-state index in [2.05, 4.69) is 0 Å². The molecule has 0 saturated heterocycles. The summed E-state index contributed by atoms with van der Waals surface area (Å²) < 4.78 is 63.9. The van der Waals surface area contributed by atoms with Crippen molar-refractivity contribution in [2.24, 2.45) is 0 Å². The van der Waals surface area contributed by atoms with Gasteiger partial charge in [0.25, 0.3) is 0 Å².